The summed E-state index contributed by atoms with van der Waals surface area (Å²) in [6.45, 7) is 0.154. The van der Waals surface area contributed by atoms with Gasteiger partial charge < -0.3 is 20.3 Å². The van der Waals surface area contributed by atoms with Gasteiger partial charge in [0.15, 0.2) is 0 Å². The van der Waals surface area contributed by atoms with Crippen molar-refractivity contribution < 1.29 is 19.1 Å². The number of hydrogen-bond acceptors (Lipinski definition) is 6. The van der Waals surface area contributed by atoms with Gasteiger partial charge in [-0.2, -0.15) is 0 Å². The van der Waals surface area contributed by atoms with Crippen molar-refractivity contribution >= 4 is 40.8 Å². The molecule has 39 heavy (non-hydrogen) atoms. The lowest BCUT2D eigenvalue weighted by molar-refractivity contribution is -0.120. The molecule has 0 aliphatic carbocycles. The van der Waals surface area contributed by atoms with Crippen LogP contribution in [0.15, 0.2) is 85.3 Å². The average Bonchev–Trinajstić information content (AvgIpc) is 3.04. The highest BCUT2D eigenvalue weighted by atomic mass is 35.5. The van der Waals surface area contributed by atoms with Crippen molar-refractivity contribution in [2.24, 2.45) is 0 Å². The first-order valence-corrected chi connectivity index (χ1v) is 12.5. The van der Waals surface area contributed by atoms with E-state index in [1.54, 1.807) is 78.0 Å². The molecule has 5 rings (SSSR count). The van der Waals surface area contributed by atoms with Gasteiger partial charge in [-0.25, -0.2) is 4.98 Å². The molecular formula is C29H24ClN5O4. The number of nitrogens with one attached hydrogen (secondary N) is 2. The highest BCUT2D eigenvalue weighted by Crippen LogP contribution is 2.29. The van der Waals surface area contributed by atoms with Crippen LogP contribution in [-0.2, 0) is 17.8 Å². The summed E-state index contributed by atoms with van der Waals surface area (Å²) < 4.78 is 5.08. The molecule has 3 amide bonds. The first-order valence-electron chi connectivity index (χ1n) is 12.1. The third-order valence-electron chi connectivity index (χ3n) is 6.34. The van der Waals surface area contributed by atoms with Crippen molar-refractivity contribution in [1.29, 1.82) is 0 Å². The molecule has 3 heterocycles. The van der Waals surface area contributed by atoms with Gasteiger partial charge in [0.25, 0.3) is 11.8 Å². The minimum absolute atomic E-state index is 0.154. The Bertz CT molecular complexity index is 1510. The number of fused-ring (bicyclic) bond motifs is 1. The Morgan fingerprint density at radius 2 is 1.87 bits per heavy atom. The van der Waals surface area contributed by atoms with E-state index in [1.165, 1.54) is 13.3 Å². The topological polar surface area (TPSA) is 114 Å². The molecule has 1 atom stereocenters. The fourth-order valence-electron chi connectivity index (χ4n) is 4.31. The van der Waals surface area contributed by atoms with Crippen molar-refractivity contribution in [3.8, 4) is 5.75 Å². The van der Waals surface area contributed by atoms with Crippen LogP contribution in [0.5, 0.6) is 5.75 Å². The molecule has 2 aromatic heterocycles. The van der Waals surface area contributed by atoms with Gasteiger partial charge in [0.1, 0.15) is 17.6 Å². The highest BCUT2D eigenvalue weighted by molar-refractivity contribution is 6.31. The number of nitrogens with zero attached hydrogens (tertiary/aromatic N) is 3. The summed E-state index contributed by atoms with van der Waals surface area (Å²) in [6.07, 6.45) is 5.12. The summed E-state index contributed by atoms with van der Waals surface area (Å²) >= 11 is 6.14. The molecule has 0 bridgehead atoms. The molecule has 9 nitrogen and oxygen atoms in total. The number of anilines is 2. The molecule has 0 radical (unpaired) electrons. The Morgan fingerprint density at radius 3 is 2.56 bits per heavy atom. The summed E-state index contributed by atoms with van der Waals surface area (Å²) in [5, 5.41) is 6.02. The molecule has 0 saturated carbocycles. The zero-order chi connectivity index (χ0) is 27.4. The highest BCUT2D eigenvalue weighted by Gasteiger charge is 2.35. The van der Waals surface area contributed by atoms with Gasteiger partial charge in [-0.05, 0) is 59.7 Å². The summed E-state index contributed by atoms with van der Waals surface area (Å²) in [6, 6.07) is 17.9. The number of halogens is 1. The maximum atomic E-state index is 13.7. The fourth-order valence-corrected chi connectivity index (χ4v) is 4.48. The van der Waals surface area contributed by atoms with Gasteiger partial charge in [-0.15, -0.1) is 0 Å². The molecule has 1 aliphatic heterocycles. The van der Waals surface area contributed by atoms with E-state index in [1.807, 2.05) is 6.07 Å². The second-order valence-corrected chi connectivity index (χ2v) is 9.36. The molecule has 1 aliphatic rings. The van der Waals surface area contributed by atoms with Crippen LogP contribution in [0, 0.1) is 0 Å². The van der Waals surface area contributed by atoms with Crippen LogP contribution in [0.1, 0.15) is 31.8 Å². The number of pyridine rings is 2. The lowest BCUT2D eigenvalue weighted by atomic mass is 10.0. The first kappa shape index (κ1) is 25.9. The largest absolute Gasteiger partial charge is 0.495 e. The second kappa shape index (κ2) is 11.3. The summed E-state index contributed by atoms with van der Waals surface area (Å²) in [5.74, 6) is 0.0203. The number of aromatic nitrogens is 2. The van der Waals surface area contributed by atoms with Crippen molar-refractivity contribution in [2.45, 2.75) is 19.0 Å². The second-order valence-electron chi connectivity index (χ2n) is 8.93. The first-order chi connectivity index (χ1) is 18.9. The number of rotatable bonds is 7. The van der Waals surface area contributed by atoms with Crippen molar-refractivity contribution in [1.82, 2.24) is 14.9 Å². The SMILES string of the molecule is COc1ccc(NC(=O)c2ccc(CN3C(=O)c4ccc(Cl)cc4NC(=O)C3Cc3cccnc3)cc2)nc1. The van der Waals surface area contributed by atoms with Crippen LogP contribution in [-0.4, -0.2) is 45.7 Å². The number of ether oxygens (including phenoxy) is 1. The van der Waals surface area contributed by atoms with Crippen LogP contribution < -0.4 is 15.4 Å². The zero-order valence-corrected chi connectivity index (χ0v) is 21.7. The summed E-state index contributed by atoms with van der Waals surface area (Å²) in [5.41, 5.74) is 2.71. The lowest BCUT2D eigenvalue weighted by Gasteiger charge is -2.29. The van der Waals surface area contributed by atoms with Gasteiger partial charge in [0.05, 0.1) is 24.6 Å². The van der Waals surface area contributed by atoms with Crippen LogP contribution in [0.4, 0.5) is 11.5 Å². The van der Waals surface area contributed by atoms with E-state index in [9.17, 15) is 14.4 Å². The number of carbonyl (C=O) groups excluding carboxylic acids is 3. The van der Waals surface area contributed by atoms with E-state index in [4.69, 9.17) is 16.3 Å². The number of hydrogen-bond donors (Lipinski definition) is 2. The molecule has 0 fully saturated rings. The maximum Gasteiger partial charge on any atom is 0.256 e. The molecule has 196 valence electrons. The Kier molecular flexibility index (Phi) is 7.51. The third-order valence-corrected chi connectivity index (χ3v) is 6.58. The third kappa shape index (κ3) is 5.89. The molecule has 4 aromatic rings. The Labute approximate surface area is 229 Å². The van der Waals surface area contributed by atoms with Crippen molar-refractivity contribution in [3.63, 3.8) is 0 Å². The smallest absolute Gasteiger partial charge is 0.256 e. The zero-order valence-electron chi connectivity index (χ0n) is 20.9. The number of benzene rings is 2. The molecule has 2 aromatic carbocycles. The number of amides is 3. The predicted octanol–water partition coefficient (Wildman–Crippen LogP) is 4.60. The van der Waals surface area contributed by atoms with E-state index in [0.717, 1.165) is 11.1 Å². The molecule has 0 saturated heterocycles. The normalized spacial score (nSPS) is 14.7. The standard InChI is InChI=1S/C29H24ClN5O4/c1-39-22-9-11-26(32-16-22)34-27(36)20-6-4-18(5-7-20)17-35-25(13-19-3-2-12-31-15-19)28(37)33-24-14-21(30)8-10-23(24)29(35)38/h2-12,14-16,25H,13,17H2,1H3,(H,33,37)(H,32,34,36). The Balaban J connectivity index is 1.39. The van der Waals surface area contributed by atoms with E-state index in [2.05, 4.69) is 20.6 Å². The summed E-state index contributed by atoms with van der Waals surface area (Å²) in [7, 11) is 1.54. The van der Waals surface area contributed by atoms with Crippen LogP contribution >= 0.6 is 11.6 Å². The van der Waals surface area contributed by atoms with Crippen molar-refractivity contribution in [2.75, 3.05) is 17.7 Å². The van der Waals surface area contributed by atoms with Gasteiger partial charge in [-0.1, -0.05) is 29.8 Å². The molecular weight excluding hydrogens is 518 g/mol. The number of carbonyl (C=O) groups is 3. The average molecular weight is 542 g/mol. The molecule has 1 unspecified atom stereocenters. The molecule has 10 heteroatoms. The minimum atomic E-state index is -0.794. The van der Waals surface area contributed by atoms with Crippen molar-refractivity contribution in [3.05, 3.63) is 113 Å². The Morgan fingerprint density at radius 1 is 1.05 bits per heavy atom. The van der Waals surface area contributed by atoms with Crippen LogP contribution in [0.3, 0.4) is 0 Å². The van der Waals surface area contributed by atoms with E-state index < -0.39 is 6.04 Å². The van der Waals surface area contributed by atoms with Crippen LogP contribution in [0.25, 0.3) is 0 Å². The minimum Gasteiger partial charge on any atom is -0.495 e. The fraction of sp³-hybridized carbons (Fsp3) is 0.138. The van der Waals surface area contributed by atoms with Gasteiger partial charge in [0.2, 0.25) is 5.91 Å². The monoisotopic (exact) mass is 541 g/mol. The molecule has 0 spiro atoms. The summed E-state index contributed by atoms with van der Waals surface area (Å²) in [4.78, 5) is 49.6. The predicted molar refractivity (Wildman–Crippen MR) is 147 cm³/mol. The number of methoxy groups -OCH3 is 1. The Hall–Kier alpha value is -4.76. The van der Waals surface area contributed by atoms with Gasteiger partial charge in [-0.3, -0.25) is 19.4 Å². The van der Waals surface area contributed by atoms with E-state index in [-0.39, 0.29) is 30.7 Å². The van der Waals surface area contributed by atoms with E-state index >= 15 is 0 Å². The van der Waals surface area contributed by atoms with Gasteiger partial charge >= 0.3 is 0 Å². The lowest BCUT2D eigenvalue weighted by Crippen LogP contribution is -2.46. The van der Waals surface area contributed by atoms with E-state index in [0.29, 0.717) is 33.4 Å². The quantitative estimate of drug-likeness (QED) is 0.353. The van der Waals surface area contributed by atoms with Crippen LogP contribution in [0.2, 0.25) is 5.02 Å². The maximum absolute atomic E-state index is 13.7. The molecule has 2 N–H and O–H groups in total. The van der Waals surface area contributed by atoms with Gasteiger partial charge in [0, 0.05) is 35.9 Å².